The standard InChI is InChI=1S/C19H37NO4S/c1-6-15(21)9-8-10-16(22)11-12-17(7-2)25-14-13-20-18(23)24-19(3,4)5/h16-17,22H,6-14H2,1-5H3,(H,20,23). The third-order valence-electron chi connectivity index (χ3n) is 3.79. The Morgan fingerprint density at radius 1 is 1.16 bits per heavy atom. The summed E-state index contributed by atoms with van der Waals surface area (Å²) in [5, 5.41) is 13.3. The van der Waals surface area contributed by atoms with E-state index in [1.807, 2.05) is 39.5 Å². The van der Waals surface area contributed by atoms with Gasteiger partial charge in [-0.3, -0.25) is 4.79 Å². The number of ketones is 1. The van der Waals surface area contributed by atoms with Gasteiger partial charge in [0, 0.05) is 30.4 Å². The highest BCUT2D eigenvalue weighted by Crippen LogP contribution is 2.21. The second kappa shape index (κ2) is 13.5. The summed E-state index contributed by atoms with van der Waals surface area (Å²) in [5.41, 5.74) is -0.471. The lowest BCUT2D eigenvalue weighted by Crippen LogP contribution is -2.33. The van der Waals surface area contributed by atoms with Crippen molar-refractivity contribution < 1.29 is 19.4 Å². The first kappa shape index (κ1) is 24.2. The zero-order valence-corrected chi connectivity index (χ0v) is 17.4. The molecule has 0 rings (SSSR count). The Kier molecular flexibility index (Phi) is 13.0. The van der Waals surface area contributed by atoms with Crippen molar-refractivity contribution in [1.82, 2.24) is 5.32 Å². The maximum atomic E-state index is 11.6. The van der Waals surface area contributed by atoms with E-state index in [4.69, 9.17) is 4.74 Å². The minimum atomic E-state index is -0.471. The van der Waals surface area contributed by atoms with Crippen molar-refractivity contribution in [2.45, 2.75) is 96.5 Å². The molecule has 0 aliphatic carbocycles. The predicted molar refractivity (Wildman–Crippen MR) is 105 cm³/mol. The summed E-state index contributed by atoms with van der Waals surface area (Å²) in [4.78, 5) is 22.8. The van der Waals surface area contributed by atoms with Crippen molar-refractivity contribution in [3.05, 3.63) is 0 Å². The first-order chi connectivity index (χ1) is 11.7. The van der Waals surface area contributed by atoms with Gasteiger partial charge in [0.05, 0.1) is 6.10 Å². The van der Waals surface area contributed by atoms with Crippen LogP contribution in [0.3, 0.4) is 0 Å². The van der Waals surface area contributed by atoms with Gasteiger partial charge in [-0.05, 0) is 52.9 Å². The monoisotopic (exact) mass is 375 g/mol. The van der Waals surface area contributed by atoms with Gasteiger partial charge in [-0.25, -0.2) is 4.79 Å². The van der Waals surface area contributed by atoms with Crippen molar-refractivity contribution in [3.63, 3.8) is 0 Å². The highest BCUT2D eigenvalue weighted by atomic mass is 32.2. The number of ether oxygens (including phenoxy) is 1. The van der Waals surface area contributed by atoms with Crippen molar-refractivity contribution >= 4 is 23.6 Å². The van der Waals surface area contributed by atoms with Gasteiger partial charge >= 0.3 is 6.09 Å². The zero-order chi connectivity index (χ0) is 19.3. The fourth-order valence-electron chi connectivity index (χ4n) is 2.33. The van der Waals surface area contributed by atoms with E-state index in [-0.39, 0.29) is 18.0 Å². The third-order valence-corrected chi connectivity index (χ3v) is 5.27. The van der Waals surface area contributed by atoms with Crippen molar-refractivity contribution in [2.75, 3.05) is 12.3 Å². The van der Waals surface area contributed by atoms with Gasteiger partial charge in [-0.15, -0.1) is 0 Å². The molecule has 5 nitrogen and oxygen atoms in total. The van der Waals surface area contributed by atoms with E-state index in [0.717, 1.165) is 31.4 Å². The minimum Gasteiger partial charge on any atom is -0.444 e. The van der Waals surface area contributed by atoms with Crippen LogP contribution in [-0.4, -0.2) is 46.2 Å². The van der Waals surface area contributed by atoms with Crippen LogP contribution in [-0.2, 0) is 9.53 Å². The van der Waals surface area contributed by atoms with E-state index < -0.39 is 5.60 Å². The van der Waals surface area contributed by atoms with E-state index >= 15 is 0 Å². The molecule has 0 aliphatic heterocycles. The summed E-state index contributed by atoms with van der Waals surface area (Å²) in [5.74, 6) is 1.10. The number of aliphatic hydroxyl groups is 1. The Hall–Kier alpha value is -0.750. The second-order valence-corrected chi connectivity index (χ2v) is 8.75. The molecule has 0 heterocycles. The van der Waals surface area contributed by atoms with Crippen molar-refractivity contribution in [3.8, 4) is 0 Å². The molecule has 25 heavy (non-hydrogen) atoms. The van der Waals surface area contributed by atoms with Gasteiger partial charge in [-0.2, -0.15) is 11.8 Å². The Labute approximate surface area is 157 Å². The summed E-state index contributed by atoms with van der Waals surface area (Å²) in [7, 11) is 0. The van der Waals surface area contributed by atoms with E-state index in [9.17, 15) is 14.7 Å². The largest absolute Gasteiger partial charge is 0.444 e. The molecule has 0 aliphatic rings. The Balaban J connectivity index is 3.81. The van der Waals surface area contributed by atoms with Gasteiger partial charge in [0.1, 0.15) is 11.4 Å². The Morgan fingerprint density at radius 3 is 2.40 bits per heavy atom. The molecule has 0 saturated heterocycles. The maximum absolute atomic E-state index is 11.6. The maximum Gasteiger partial charge on any atom is 0.407 e. The summed E-state index contributed by atoms with van der Waals surface area (Å²) in [6, 6.07) is 0. The second-order valence-electron chi connectivity index (χ2n) is 7.35. The Bertz CT molecular complexity index is 382. The molecule has 2 unspecified atom stereocenters. The van der Waals surface area contributed by atoms with Gasteiger partial charge in [0.2, 0.25) is 0 Å². The van der Waals surface area contributed by atoms with Crippen LogP contribution < -0.4 is 5.32 Å². The van der Waals surface area contributed by atoms with E-state index in [2.05, 4.69) is 12.2 Å². The number of rotatable bonds is 13. The van der Waals surface area contributed by atoms with Crippen molar-refractivity contribution in [1.29, 1.82) is 0 Å². The normalized spacial score (nSPS) is 14.0. The van der Waals surface area contributed by atoms with Gasteiger partial charge in [-0.1, -0.05) is 13.8 Å². The predicted octanol–water partition coefficient (Wildman–Crippen LogP) is 4.31. The van der Waals surface area contributed by atoms with Crippen LogP contribution in [0.4, 0.5) is 4.79 Å². The number of carbonyl (C=O) groups is 2. The fraction of sp³-hybridized carbons (Fsp3) is 0.895. The number of aliphatic hydroxyl groups excluding tert-OH is 1. The smallest absolute Gasteiger partial charge is 0.407 e. The summed E-state index contributed by atoms with van der Waals surface area (Å²) < 4.78 is 5.20. The highest BCUT2D eigenvalue weighted by molar-refractivity contribution is 7.99. The lowest BCUT2D eigenvalue weighted by molar-refractivity contribution is -0.118. The number of nitrogens with one attached hydrogen (secondary N) is 1. The number of Topliss-reactive ketones (excluding diaryl/α,β-unsaturated/α-hetero) is 1. The van der Waals surface area contributed by atoms with E-state index in [1.165, 1.54) is 0 Å². The van der Waals surface area contributed by atoms with Crippen LogP contribution in [0.1, 0.15) is 79.6 Å². The summed E-state index contributed by atoms with van der Waals surface area (Å²) in [6.45, 7) is 10.1. The number of hydrogen-bond donors (Lipinski definition) is 2. The molecule has 6 heteroatoms. The van der Waals surface area contributed by atoms with Gasteiger partial charge < -0.3 is 15.2 Å². The summed E-state index contributed by atoms with van der Waals surface area (Å²) in [6.07, 6.45) is 4.71. The van der Waals surface area contributed by atoms with Crippen LogP contribution in [0, 0.1) is 0 Å². The molecular formula is C19H37NO4S. The number of thioether (sulfide) groups is 1. The fourth-order valence-corrected chi connectivity index (χ4v) is 3.42. The molecule has 2 atom stereocenters. The van der Waals surface area contributed by atoms with Crippen LogP contribution in [0.15, 0.2) is 0 Å². The molecule has 0 bridgehead atoms. The topological polar surface area (TPSA) is 75.6 Å². The van der Waals surface area contributed by atoms with Crippen molar-refractivity contribution in [2.24, 2.45) is 0 Å². The third kappa shape index (κ3) is 15.2. The van der Waals surface area contributed by atoms with Crippen LogP contribution in [0.25, 0.3) is 0 Å². The highest BCUT2D eigenvalue weighted by Gasteiger charge is 2.16. The number of amides is 1. The van der Waals surface area contributed by atoms with Crippen LogP contribution in [0.5, 0.6) is 0 Å². The molecular weight excluding hydrogens is 338 g/mol. The Morgan fingerprint density at radius 2 is 1.84 bits per heavy atom. The number of alkyl carbamates (subject to hydrolysis) is 1. The van der Waals surface area contributed by atoms with Crippen LogP contribution >= 0.6 is 11.8 Å². The van der Waals surface area contributed by atoms with Crippen LogP contribution in [0.2, 0.25) is 0 Å². The molecule has 0 aromatic carbocycles. The minimum absolute atomic E-state index is 0.270. The van der Waals surface area contributed by atoms with Gasteiger partial charge in [0.25, 0.3) is 0 Å². The molecule has 0 radical (unpaired) electrons. The first-order valence-corrected chi connectivity index (χ1v) is 10.5. The quantitative estimate of drug-likeness (QED) is 0.469. The number of carbonyl (C=O) groups excluding carboxylic acids is 2. The molecule has 148 valence electrons. The zero-order valence-electron chi connectivity index (χ0n) is 16.6. The van der Waals surface area contributed by atoms with E-state index in [1.54, 1.807) is 0 Å². The lowest BCUT2D eigenvalue weighted by Gasteiger charge is -2.20. The molecule has 2 N–H and O–H groups in total. The molecule has 1 amide bonds. The van der Waals surface area contributed by atoms with E-state index in [0.29, 0.717) is 31.1 Å². The molecule has 0 aromatic rings. The molecule has 0 saturated carbocycles. The molecule has 0 fully saturated rings. The number of hydrogen-bond acceptors (Lipinski definition) is 5. The average Bonchev–Trinajstić information content (AvgIpc) is 2.52. The first-order valence-electron chi connectivity index (χ1n) is 9.46. The molecule has 0 aromatic heterocycles. The SMILES string of the molecule is CCC(=O)CCCC(O)CCC(CC)SCCNC(=O)OC(C)(C)C. The summed E-state index contributed by atoms with van der Waals surface area (Å²) >= 11 is 1.82. The average molecular weight is 376 g/mol. The molecule has 0 spiro atoms. The van der Waals surface area contributed by atoms with Gasteiger partial charge in [0.15, 0.2) is 0 Å². The lowest BCUT2D eigenvalue weighted by atomic mass is 10.0.